The third-order valence-electron chi connectivity index (χ3n) is 3.43. The molecule has 2 rings (SSSR count). The Morgan fingerprint density at radius 3 is 2.21 bits per heavy atom. The van der Waals surface area contributed by atoms with Crippen molar-refractivity contribution >= 4 is 21.7 Å². The summed E-state index contributed by atoms with van der Waals surface area (Å²) in [6.07, 6.45) is 0.653. The molecule has 5 N–H and O–H groups in total. The lowest BCUT2D eigenvalue weighted by molar-refractivity contribution is 0.598. The monoisotopic (exact) mass is 346 g/mol. The number of nitrogens with two attached hydrogens (primary N) is 2. The lowest BCUT2D eigenvalue weighted by Crippen LogP contribution is -2.23. The molecule has 7 heteroatoms. The number of sulfonamides is 1. The van der Waals surface area contributed by atoms with Crippen molar-refractivity contribution in [2.75, 3.05) is 11.9 Å². The zero-order valence-electron chi connectivity index (χ0n) is 13.8. The van der Waals surface area contributed by atoms with Crippen LogP contribution in [0.4, 0.5) is 5.69 Å². The second-order valence-electron chi connectivity index (χ2n) is 5.71. The van der Waals surface area contributed by atoms with E-state index >= 15 is 0 Å². The minimum atomic E-state index is -3.65. The van der Waals surface area contributed by atoms with Crippen LogP contribution in [0.15, 0.2) is 52.4 Å². The first-order valence-corrected chi connectivity index (χ1v) is 9.05. The Hall–Kier alpha value is -2.38. The number of benzene rings is 2. The van der Waals surface area contributed by atoms with Gasteiger partial charge in [-0.15, -0.1) is 0 Å². The predicted octanol–water partition coefficient (Wildman–Crippen LogP) is 1.92. The average molecular weight is 346 g/mol. The molecule has 0 aromatic heterocycles. The maximum absolute atomic E-state index is 11.2. The summed E-state index contributed by atoms with van der Waals surface area (Å²) in [5, 5.41) is 8.14. The van der Waals surface area contributed by atoms with Crippen molar-refractivity contribution in [3.05, 3.63) is 59.2 Å². The van der Waals surface area contributed by atoms with Crippen molar-refractivity contribution in [1.29, 1.82) is 0 Å². The van der Waals surface area contributed by atoms with Crippen molar-refractivity contribution in [3.63, 3.8) is 0 Å². The van der Waals surface area contributed by atoms with E-state index in [9.17, 15) is 8.42 Å². The highest BCUT2D eigenvalue weighted by Crippen LogP contribution is 2.13. The molecule has 0 spiro atoms. The number of hydrogen-bond donors (Lipinski definition) is 3. The molecule has 0 saturated carbocycles. The van der Waals surface area contributed by atoms with E-state index in [0.29, 0.717) is 18.9 Å². The molecule has 0 unspecified atom stereocenters. The third-order valence-corrected chi connectivity index (χ3v) is 4.36. The van der Waals surface area contributed by atoms with E-state index in [1.807, 2.05) is 26.0 Å². The van der Waals surface area contributed by atoms with Crippen LogP contribution in [0.5, 0.6) is 0 Å². The van der Waals surface area contributed by atoms with E-state index < -0.39 is 10.0 Å². The van der Waals surface area contributed by atoms with Gasteiger partial charge in [-0.25, -0.2) is 13.6 Å². The number of rotatable bonds is 5. The third kappa shape index (κ3) is 5.36. The Balaban J connectivity index is 1.93. The van der Waals surface area contributed by atoms with Crippen molar-refractivity contribution in [1.82, 2.24) is 0 Å². The summed E-state index contributed by atoms with van der Waals surface area (Å²) in [5.41, 5.74) is 10.1. The first-order chi connectivity index (χ1) is 11.2. The standard InChI is InChI=1S/C17H22N4O2S/c1-12-9-13(2)11-15(10-12)21-17(18)20-8-7-14-3-5-16(6-4-14)24(19,22)23/h3-6,9-11H,7-8H2,1-2H3,(H3,18,20,21)(H2,19,22,23). The second-order valence-corrected chi connectivity index (χ2v) is 7.27. The van der Waals surface area contributed by atoms with Gasteiger partial charge in [-0.3, -0.25) is 4.99 Å². The molecule has 0 atom stereocenters. The summed E-state index contributed by atoms with van der Waals surface area (Å²) in [6, 6.07) is 12.5. The number of aliphatic imine (C=N–C) groups is 1. The second kappa shape index (κ2) is 7.46. The Kier molecular flexibility index (Phi) is 5.58. The minimum absolute atomic E-state index is 0.103. The Labute approximate surface area is 142 Å². The van der Waals surface area contributed by atoms with Crippen molar-refractivity contribution < 1.29 is 8.42 Å². The number of guanidine groups is 1. The Morgan fingerprint density at radius 1 is 1.08 bits per heavy atom. The molecule has 2 aromatic rings. The van der Waals surface area contributed by atoms with Gasteiger partial charge in [-0.05, 0) is 61.2 Å². The molecule has 0 aliphatic heterocycles. The van der Waals surface area contributed by atoms with Crippen LogP contribution in [-0.2, 0) is 16.4 Å². The number of nitrogens with one attached hydrogen (secondary N) is 1. The molecule has 128 valence electrons. The van der Waals surface area contributed by atoms with Gasteiger partial charge in [0.1, 0.15) is 0 Å². The Bertz CT molecular complexity index is 823. The van der Waals surface area contributed by atoms with E-state index in [0.717, 1.165) is 22.4 Å². The summed E-state index contributed by atoms with van der Waals surface area (Å²) >= 11 is 0. The van der Waals surface area contributed by atoms with Gasteiger partial charge in [-0.1, -0.05) is 18.2 Å². The average Bonchev–Trinajstić information content (AvgIpc) is 2.45. The van der Waals surface area contributed by atoms with Gasteiger partial charge in [0.25, 0.3) is 0 Å². The van der Waals surface area contributed by atoms with Gasteiger partial charge in [0.2, 0.25) is 10.0 Å². The fourth-order valence-corrected chi connectivity index (χ4v) is 2.90. The SMILES string of the molecule is Cc1cc(C)cc(NC(N)=NCCc2ccc(S(N)(=O)=O)cc2)c1. The van der Waals surface area contributed by atoms with Crippen LogP contribution in [0, 0.1) is 13.8 Å². The first-order valence-electron chi connectivity index (χ1n) is 7.51. The maximum atomic E-state index is 11.2. The van der Waals surface area contributed by atoms with Crippen LogP contribution in [-0.4, -0.2) is 20.9 Å². The molecule has 0 aliphatic rings. The number of primary sulfonamides is 1. The normalized spacial score (nSPS) is 12.2. The van der Waals surface area contributed by atoms with Gasteiger partial charge in [0.15, 0.2) is 5.96 Å². The highest BCUT2D eigenvalue weighted by molar-refractivity contribution is 7.89. The molecular weight excluding hydrogens is 324 g/mol. The van der Waals surface area contributed by atoms with Crippen LogP contribution in [0.2, 0.25) is 0 Å². The fraction of sp³-hybridized carbons (Fsp3) is 0.235. The minimum Gasteiger partial charge on any atom is -0.370 e. The van der Waals surface area contributed by atoms with Gasteiger partial charge in [-0.2, -0.15) is 0 Å². The summed E-state index contributed by atoms with van der Waals surface area (Å²) in [6.45, 7) is 4.55. The zero-order valence-corrected chi connectivity index (χ0v) is 14.6. The molecule has 24 heavy (non-hydrogen) atoms. The summed E-state index contributed by atoms with van der Waals surface area (Å²) < 4.78 is 22.4. The molecule has 0 aliphatic carbocycles. The summed E-state index contributed by atoms with van der Waals surface area (Å²) in [7, 11) is -3.65. The lowest BCUT2D eigenvalue weighted by Gasteiger charge is -2.08. The lowest BCUT2D eigenvalue weighted by atomic mass is 10.1. The smallest absolute Gasteiger partial charge is 0.238 e. The topological polar surface area (TPSA) is 111 Å². The number of nitrogens with zero attached hydrogens (tertiary/aromatic N) is 1. The molecular formula is C17H22N4O2S. The van der Waals surface area contributed by atoms with E-state index in [-0.39, 0.29) is 4.90 Å². The quantitative estimate of drug-likeness (QED) is 0.567. The molecule has 6 nitrogen and oxygen atoms in total. The van der Waals surface area contributed by atoms with Crippen LogP contribution in [0.1, 0.15) is 16.7 Å². The van der Waals surface area contributed by atoms with Gasteiger partial charge in [0.05, 0.1) is 4.90 Å². The van der Waals surface area contributed by atoms with Gasteiger partial charge < -0.3 is 11.1 Å². The van der Waals surface area contributed by atoms with Crippen LogP contribution >= 0.6 is 0 Å². The van der Waals surface area contributed by atoms with Crippen molar-refractivity contribution in [3.8, 4) is 0 Å². The summed E-state index contributed by atoms with van der Waals surface area (Å²) in [4.78, 5) is 4.39. The number of hydrogen-bond acceptors (Lipinski definition) is 3. The van der Waals surface area contributed by atoms with Crippen molar-refractivity contribution in [2.24, 2.45) is 15.9 Å². The largest absolute Gasteiger partial charge is 0.370 e. The molecule has 0 heterocycles. The number of aryl methyl sites for hydroxylation is 2. The van der Waals surface area contributed by atoms with Crippen LogP contribution < -0.4 is 16.2 Å². The molecule has 2 aromatic carbocycles. The van der Waals surface area contributed by atoms with E-state index in [2.05, 4.69) is 16.4 Å². The number of anilines is 1. The van der Waals surface area contributed by atoms with E-state index in [4.69, 9.17) is 10.9 Å². The van der Waals surface area contributed by atoms with E-state index in [1.54, 1.807) is 12.1 Å². The molecule has 0 amide bonds. The zero-order chi connectivity index (χ0) is 17.7. The van der Waals surface area contributed by atoms with Gasteiger partial charge in [0, 0.05) is 12.2 Å². The molecule has 0 saturated heterocycles. The highest BCUT2D eigenvalue weighted by Gasteiger charge is 2.06. The predicted molar refractivity (Wildman–Crippen MR) is 97.5 cm³/mol. The molecule has 0 bridgehead atoms. The van der Waals surface area contributed by atoms with E-state index in [1.165, 1.54) is 12.1 Å². The van der Waals surface area contributed by atoms with Gasteiger partial charge >= 0.3 is 0 Å². The molecule has 0 fully saturated rings. The Morgan fingerprint density at radius 2 is 1.67 bits per heavy atom. The molecule has 0 radical (unpaired) electrons. The fourth-order valence-electron chi connectivity index (χ4n) is 2.39. The van der Waals surface area contributed by atoms with Crippen molar-refractivity contribution in [2.45, 2.75) is 25.2 Å². The highest BCUT2D eigenvalue weighted by atomic mass is 32.2. The van der Waals surface area contributed by atoms with Crippen LogP contribution in [0.3, 0.4) is 0 Å². The summed E-state index contributed by atoms with van der Waals surface area (Å²) in [5.74, 6) is 0.348. The first kappa shape index (κ1) is 18.0. The van der Waals surface area contributed by atoms with Crippen LogP contribution in [0.25, 0.3) is 0 Å². The maximum Gasteiger partial charge on any atom is 0.238 e.